The van der Waals surface area contributed by atoms with Crippen molar-refractivity contribution >= 4 is 28.6 Å². The zero-order valence-electron chi connectivity index (χ0n) is 7.93. The second-order valence-electron chi connectivity index (χ2n) is 3.91. The highest BCUT2D eigenvalue weighted by atomic mass is 127. The topological polar surface area (TPSA) is 52.3 Å². The molecule has 0 saturated heterocycles. The number of hydrogen-bond donors (Lipinski definition) is 1. The molecule has 4 heteroatoms. The third kappa shape index (κ3) is 4.25. The summed E-state index contributed by atoms with van der Waals surface area (Å²) in [5, 5.41) is 0. The van der Waals surface area contributed by atoms with Crippen LogP contribution in [0.1, 0.15) is 27.7 Å². The fourth-order valence-electron chi connectivity index (χ4n) is 0.386. The molecule has 2 atom stereocenters. The first-order valence-corrected chi connectivity index (χ1v) is 5.10. The Morgan fingerprint density at radius 2 is 1.92 bits per heavy atom. The van der Waals surface area contributed by atoms with Crippen molar-refractivity contribution in [3.05, 3.63) is 0 Å². The first kappa shape index (κ1) is 12.2. The average molecular weight is 285 g/mol. The highest BCUT2D eigenvalue weighted by molar-refractivity contribution is 14.1. The van der Waals surface area contributed by atoms with Crippen LogP contribution in [-0.4, -0.2) is 16.1 Å². The van der Waals surface area contributed by atoms with E-state index in [9.17, 15) is 4.79 Å². The summed E-state index contributed by atoms with van der Waals surface area (Å²) in [4.78, 5) is 11.0. The van der Waals surface area contributed by atoms with Crippen molar-refractivity contribution in [2.45, 2.75) is 37.8 Å². The summed E-state index contributed by atoms with van der Waals surface area (Å²) in [6.45, 7) is 7.66. The van der Waals surface area contributed by atoms with Crippen LogP contribution in [0.3, 0.4) is 0 Å². The van der Waals surface area contributed by atoms with Crippen molar-refractivity contribution in [1.29, 1.82) is 0 Å². The van der Waals surface area contributed by atoms with Gasteiger partial charge < -0.3 is 10.5 Å². The number of halogens is 1. The molecule has 0 spiro atoms. The molecule has 0 fully saturated rings. The predicted molar refractivity (Wildman–Crippen MR) is 57.0 cm³/mol. The van der Waals surface area contributed by atoms with Gasteiger partial charge >= 0.3 is 5.97 Å². The summed E-state index contributed by atoms with van der Waals surface area (Å²) in [6, 6.07) is -0.537. The molecular weight excluding hydrogens is 269 g/mol. The van der Waals surface area contributed by atoms with Crippen LogP contribution in [0.2, 0.25) is 0 Å². The number of carbonyl (C=O) groups is 1. The highest BCUT2D eigenvalue weighted by Gasteiger charge is 2.26. The van der Waals surface area contributed by atoms with E-state index in [2.05, 4.69) is 22.6 Å². The maximum absolute atomic E-state index is 11.0. The quantitative estimate of drug-likeness (QED) is 0.477. The third-order valence-corrected chi connectivity index (χ3v) is 3.40. The Morgan fingerprint density at radius 1 is 1.50 bits per heavy atom. The van der Waals surface area contributed by atoms with E-state index in [1.807, 2.05) is 20.8 Å². The van der Waals surface area contributed by atoms with Crippen LogP contribution in [0.15, 0.2) is 0 Å². The molecule has 2 unspecified atom stereocenters. The summed E-state index contributed by atoms with van der Waals surface area (Å²) in [7, 11) is 0. The molecule has 0 aliphatic heterocycles. The van der Waals surface area contributed by atoms with Gasteiger partial charge in [-0.1, -0.05) is 20.8 Å². The number of ether oxygens (including phenoxy) is 1. The Labute approximate surface area is 87.2 Å². The third-order valence-electron chi connectivity index (χ3n) is 1.27. The number of hydrogen-bond acceptors (Lipinski definition) is 3. The van der Waals surface area contributed by atoms with E-state index >= 15 is 0 Å². The lowest BCUT2D eigenvalue weighted by atomic mass is 9.98. The van der Waals surface area contributed by atoms with Crippen molar-refractivity contribution < 1.29 is 9.53 Å². The number of alkyl halides is 1. The Balaban J connectivity index is 4.02. The van der Waals surface area contributed by atoms with E-state index < -0.39 is 6.04 Å². The minimum absolute atomic E-state index is 0.0366. The maximum Gasteiger partial charge on any atom is 0.323 e. The van der Waals surface area contributed by atoms with Gasteiger partial charge in [0.25, 0.3) is 0 Å². The Bertz CT molecular complexity index is 163. The number of nitrogens with two attached hydrogens (primary N) is 1. The van der Waals surface area contributed by atoms with Gasteiger partial charge in [-0.15, -0.1) is 0 Å². The zero-order chi connectivity index (χ0) is 9.94. The van der Waals surface area contributed by atoms with Gasteiger partial charge in [0, 0.05) is 5.41 Å². The molecule has 0 aromatic rings. The molecule has 0 heterocycles. The van der Waals surface area contributed by atoms with Crippen molar-refractivity contribution in [2.75, 3.05) is 0 Å². The Kier molecular flexibility index (Phi) is 4.47. The van der Waals surface area contributed by atoms with E-state index in [0.717, 1.165) is 0 Å². The van der Waals surface area contributed by atoms with Crippen molar-refractivity contribution in [3.63, 3.8) is 0 Å². The smallest absolute Gasteiger partial charge is 0.323 e. The maximum atomic E-state index is 11.0. The van der Waals surface area contributed by atoms with Crippen molar-refractivity contribution in [2.24, 2.45) is 11.1 Å². The predicted octanol–water partition coefficient (Wildman–Crippen LogP) is 1.68. The lowest BCUT2D eigenvalue weighted by Gasteiger charge is -2.25. The molecule has 72 valence electrons. The summed E-state index contributed by atoms with van der Waals surface area (Å²) < 4.78 is 4.97. The first-order chi connectivity index (χ1) is 5.25. The van der Waals surface area contributed by atoms with Gasteiger partial charge in [0.15, 0.2) is 4.11 Å². The van der Waals surface area contributed by atoms with E-state index in [1.54, 1.807) is 6.92 Å². The average Bonchev–Trinajstić information content (AvgIpc) is 1.85. The molecule has 0 aromatic carbocycles. The lowest BCUT2D eigenvalue weighted by Crippen LogP contribution is -2.34. The van der Waals surface area contributed by atoms with Gasteiger partial charge in [-0.05, 0) is 29.5 Å². The van der Waals surface area contributed by atoms with E-state index in [0.29, 0.717) is 0 Å². The van der Waals surface area contributed by atoms with E-state index in [1.165, 1.54) is 0 Å². The van der Waals surface area contributed by atoms with Crippen LogP contribution in [0.4, 0.5) is 0 Å². The fourth-order valence-corrected chi connectivity index (χ4v) is 0.637. The molecule has 0 radical (unpaired) electrons. The Hall–Kier alpha value is 0.160. The summed E-state index contributed by atoms with van der Waals surface area (Å²) in [6.07, 6.45) is 0. The molecule has 0 rings (SSSR count). The highest BCUT2D eigenvalue weighted by Crippen LogP contribution is 2.27. The molecule has 0 aliphatic carbocycles. The molecule has 12 heavy (non-hydrogen) atoms. The van der Waals surface area contributed by atoms with E-state index in [-0.39, 0.29) is 15.5 Å². The molecular formula is C8H16INO2. The zero-order valence-corrected chi connectivity index (χ0v) is 10.1. The van der Waals surface area contributed by atoms with Gasteiger partial charge in [0.2, 0.25) is 0 Å². The molecule has 0 bridgehead atoms. The first-order valence-electron chi connectivity index (χ1n) is 3.85. The summed E-state index contributed by atoms with van der Waals surface area (Å²) >= 11 is 2.10. The van der Waals surface area contributed by atoms with Crippen LogP contribution in [0, 0.1) is 5.41 Å². The lowest BCUT2D eigenvalue weighted by molar-refractivity contribution is -0.148. The SMILES string of the molecule is CC(N)C(=O)OC(I)C(C)(C)C. The van der Waals surface area contributed by atoms with Crippen LogP contribution in [-0.2, 0) is 9.53 Å². The second-order valence-corrected chi connectivity index (χ2v) is 5.04. The summed E-state index contributed by atoms with van der Waals surface area (Å²) in [5.74, 6) is -0.343. The van der Waals surface area contributed by atoms with Crippen molar-refractivity contribution in [1.82, 2.24) is 0 Å². The fraction of sp³-hybridized carbons (Fsp3) is 0.875. The standard InChI is InChI=1S/C8H16INO2/c1-5(10)6(11)12-7(9)8(2,3)4/h5,7H,10H2,1-4H3. The minimum atomic E-state index is -0.537. The Morgan fingerprint density at radius 3 is 2.17 bits per heavy atom. The molecule has 0 aromatic heterocycles. The second kappa shape index (κ2) is 4.41. The molecule has 0 aliphatic rings. The molecule has 3 nitrogen and oxygen atoms in total. The monoisotopic (exact) mass is 285 g/mol. The number of rotatable bonds is 2. The number of carbonyl (C=O) groups excluding carboxylic acids is 1. The van der Waals surface area contributed by atoms with Gasteiger partial charge in [-0.3, -0.25) is 4.79 Å². The normalized spacial score (nSPS) is 16.8. The van der Waals surface area contributed by atoms with Gasteiger partial charge in [0.1, 0.15) is 6.04 Å². The van der Waals surface area contributed by atoms with Crippen LogP contribution in [0.25, 0.3) is 0 Å². The van der Waals surface area contributed by atoms with Gasteiger partial charge in [-0.2, -0.15) is 0 Å². The van der Waals surface area contributed by atoms with Crippen LogP contribution in [0.5, 0.6) is 0 Å². The molecule has 2 N–H and O–H groups in total. The minimum Gasteiger partial charge on any atom is -0.450 e. The van der Waals surface area contributed by atoms with Gasteiger partial charge in [-0.25, -0.2) is 0 Å². The molecule has 0 saturated carbocycles. The van der Waals surface area contributed by atoms with Gasteiger partial charge in [0.05, 0.1) is 0 Å². The largest absolute Gasteiger partial charge is 0.450 e. The number of esters is 1. The van der Waals surface area contributed by atoms with Crippen LogP contribution >= 0.6 is 22.6 Å². The van der Waals surface area contributed by atoms with Crippen molar-refractivity contribution in [3.8, 4) is 0 Å². The summed E-state index contributed by atoms with van der Waals surface area (Å²) in [5.41, 5.74) is 5.31. The van der Waals surface area contributed by atoms with Crippen LogP contribution < -0.4 is 5.73 Å². The van der Waals surface area contributed by atoms with E-state index in [4.69, 9.17) is 10.5 Å². The molecule has 0 amide bonds.